The number of fused-ring (bicyclic) bond motifs is 1. The van der Waals surface area contributed by atoms with Crippen molar-refractivity contribution in [2.24, 2.45) is 0 Å². The van der Waals surface area contributed by atoms with E-state index in [2.05, 4.69) is 60.4 Å². The van der Waals surface area contributed by atoms with Crippen LogP contribution in [0, 0.1) is 18.3 Å². The van der Waals surface area contributed by atoms with Crippen LogP contribution in [0.5, 0.6) is 0 Å². The molecular formula is C29H27N3O2. The van der Waals surface area contributed by atoms with Crippen LogP contribution < -0.4 is 0 Å². The predicted octanol–water partition coefficient (Wildman–Crippen LogP) is 5.63. The molecule has 0 radical (unpaired) electrons. The number of furan rings is 1. The van der Waals surface area contributed by atoms with Crippen molar-refractivity contribution in [3.05, 3.63) is 95.2 Å². The molecule has 4 aromatic rings. The molecule has 0 aliphatic carbocycles. The number of benzene rings is 3. The lowest BCUT2D eigenvalue weighted by Gasteiger charge is -2.21. The van der Waals surface area contributed by atoms with Gasteiger partial charge in [-0.2, -0.15) is 5.26 Å². The molecule has 0 atom stereocenters. The summed E-state index contributed by atoms with van der Waals surface area (Å²) in [4.78, 5) is 17.2. The standard InChI is InChI=1S/C29H27N3O2/c1-21-6-8-23(9-7-21)24-10-11-28-26(17-24)18-27(34-28)20-31-12-3-13-32(15-14-31)29(33)25-5-2-4-22(16-25)19-30/h2,4-11,16-18H,3,12-15,20H2,1H3. The predicted molar refractivity (Wildman–Crippen MR) is 133 cm³/mol. The van der Waals surface area contributed by atoms with E-state index in [9.17, 15) is 4.79 Å². The van der Waals surface area contributed by atoms with E-state index in [1.54, 1.807) is 24.3 Å². The minimum absolute atomic E-state index is 0.00803. The number of hydrogen-bond donors (Lipinski definition) is 0. The van der Waals surface area contributed by atoms with E-state index < -0.39 is 0 Å². The van der Waals surface area contributed by atoms with E-state index in [0.717, 1.165) is 42.8 Å². The number of nitrogens with zero attached hydrogens (tertiary/aromatic N) is 3. The van der Waals surface area contributed by atoms with Gasteiger partial charge in [-0.25, -0.2) is 0 Å². The maximum atomic E-state index is 13.0. The summed E-state index contributed by atoms with van der Waals surface area (Å²) in [6, 6.07) is 26.1. The summed E-state index contributed by atoms with van der Waals surface area (Å²) in [6.45, 7) is 5.89. The molecule has 5 rings (SSSR count). The minimum Gasteiger partial charge on any atom is -0.460 e. The fourth-order valence-electron chi connectivity index (χ4n) is 4.56. The molecule has 34 heavy (non-hydrogen) atoms. The van der Waals surface area contributed by atoms with Gasteiger partial charge in [0.05, 0.1) is 18.2 Å². The molecule has 1 aliphatic heterocycles. The molecule has 0 saturated carbocycles. The van der Waals surface area contributed by atoms with Crippen LogP contribution in [0.2, 0.25) is 0 Å². The Morgan fingerprint density at radius 3 is 2.59 bits per heavy atom. The number of carbonyl (C=O) groups excluding carboxylic acids is 1. The Morgan fingerprint density at radius 1 is 0.941 bits per heavy atom. The summed E-state index contributed by atoms with van der Waals surface area (Å²) < 4.78 is 6.14. The number of aryl methyl sites for hydroxylation is 1. The third kappa shape index (κ3) is 4.73. The molecule has 0 spiro atoms. The monoisotopic (exact) mass is 449 g/mol. The zero-order valence-electron chi connectivity index (χ0n) is 19.3. The molecule has 1 saturated heterocycles. The lowest BCUT2D eigenvalue weighted by atomic mass is 10.0. The highest BCUT2D eigenvalue weighted by molar-refractivity contribution is 5.94. The van der Waals surface area contributed by atoms with E-state index in [0.29, 0.717) is 24.2 Å². The van der Waals surface area contributed by atoms with Crippen LogP contribution in [-0.2, 0) is 6.54 Å². The number of carbonyl (C=O) groups is 1. The fourth-order valence-corrected chi connectivity index (χ4v) is 4.56. The second kappa shape index (κ2) is 9.54. The Morgan fingerprint density at radius 2 is 1.76 bits per heavy atom. The summed E-state index contributed by atoms with van der Waals surface area (Å²) in [5.74, 6) is 0.934. The zero-order valence-corrected chi connectivity index (χ0v) is 19.3. The van der Waals surface area contributed by atoms with Crippen molar-refractivity contribution in [3.63, 3.8) is 0 Å². The van der Waals surface area contributed by atoms with Crippen molar-refractivity contribution in [1.82, 2.24) is 9.80 Å². The molecule has 1 fully saturated rings. The van der Waals surface area contributed by atoms with Crippen LogP contribution in [0.15, 0.2) is 77.2 Å². The largest absolute Gasteiger partial charge is 0.460 e. The maximum Gasteiger partial charge on any atom is 0.253 e. The van der Waals surface area contributed by atoms with Gasteiger partial charge in [-0.3, -0.25) is 9.69 Å². The molecule has 1 amide bonds. The molecular weight excluding hydrogens is 422 g/mol. The average Bonchev–Trinajstić information content (AvgIpc) is 3.12. The van der Waals surface area contributed by atoms with Crippen molar-refractivity contribution in [2.45, 2.75) is 19.9 Å². The summed E-state index contributed by atoms with van der Waals surface area (Å²) in [6.07, 6.45) is 0.904. The molecule has 2 heterocycles. The molecule has 1 aliphatic rings. The quantitative estimate of drug-likeness (QED) is 0.405. The topological polar surface area (TPSA) is 60.5 Å². The van der Waals surface area contributed by atoms with Gasteiger partial charge >= 0.3 is 0 Å². The maximum absolute atomic E-state index is 13.0. The molecule has 0 N–H and O–H groups in total. The van der Waals surface area contributed by atoms with Gasteiger partial charge in [-0.1, -0.05) is 42.0 Å². The first-order valence-electron chi connectivity index (χ1n) is 11.7. The van der Waals surface area contributed by atoms with Crippen LogP contribution in [-0.4, -0.2) is 41.9 Å². The van der Waals surface area contributed by atoms with Gasteiger partial charge in [-0.15, -0.1) is 0 Å². The summed E-state index contributed by atoms with van der Waals surface area (Å²) in [7, 11) is 0. The Balaban J connectivity index is 1.25. The highest BCUT2D eigenvalue weighted by Crippen LogP contribution is 2.27. The van der Waals surface area contributed by atoms with E-state index in [-0.39, 0.29) is 5.91 Å². The van der Waals surface area contributed by atoms with Gasteiger partial charge in [0, 0.05) is 37.1 Å². The molecule has 0 unspecified atom stereocenters. The zero-order chi connectivity index (χ0) is 23.5. The van der Waals surface area contributed by atoms with Gasteiger partial charge in [0.2, 0.25) is 0 Å². The van der Waals surface area contributed by atoms with E-state index >= 15 is 0 Å². The second-order valence-corrected chi connectivity index (χ2v) is 8.95. The Labute approximate surface area is 199 Å². The number of nitriles is 1. The minimum atomic E-state index is -0.00803. The highest BCUT2D eigenvalue weighted by Gasteiger charge is 2.21. The fraction of sp³-hybridized carbons (Fsp3) is 0.241. The SMILES string of the molecule is Cc1ccc(-c2ccc3oc(CN4CCCN(C(=O)c5cccc(C#N)c5)CC4)cc3c2)cc1. The summed E-state index contributed by atoms with van der Waals surface area (Å²) >= 11 is 0. The van der Waals surface area contributed by atoms with Crippen LogP contribution in [0.1, 0.15) is 33.7 Å². The van der Waals surface area contributed by atoms with E-state index in [1.165, 1.54) is 16.7 Å². The van der Waals surface area contributed by atoms with Crippen LogP contribution in [0.3, 0.4) is 0 Å². The average molecular weight is 450 g/mol. The van der Waals surface area contributed by atoms with E-state index in [1.807, 2.05) is 11.0 Å². The first-order chi connectivity index (χ1) is 16.6. The van der Waals surface area contributed by atoms with Gasteiger partial charge in [0.25, 0.3) is 5.91 Å². The van der Waals surface area contributed by atoms with Gasteiger partial charge in [-0.05, 0) is 60.9 Å². The summed E-state index contributed by atoms with van der Waals surface area (Å²) in [5, 5.41) is 10.2. The van der Waals surface area contributed by atoms with Gasteiger partial charge < -0.3 is 9.32 Å². The molecule has 5 heteroatoms. The molecule has 5 nitrogen and oxygen atoms in total. The Bertz CT molecular complexity index is 1360. The smallest absolute Gasteiger partial charge is 0.253 e. The van der Waals surface area contributed by atoms with E-state index in [4.69, 9.17) is 9.68 Å². The van der Waals surface area contributed by atoms with Crippen LogP contribution >= 0.6 is 0 Å². The van der Waals surface area contributed by atoms with Crippen LogP contribution in [0.25, 0.3) is 22.1 Å². The molecule has 170 valence electrons. The van der Waals surface area contributed by atoms with Crippen molar-refractivity contribution >= 4 is 16.9 Å². The number of hydrogen-bond acceptors (Lipinski definition) is 4. The first-order valence-corrected chi connectivity index (χ1v) is 11.7. The van der Waals surface area contributed by atoms with Crippen LogP contribution in [0.4, 0.5) is 0 Å². The molecule has 3 aromatic carbocycles. The van der Waals surface area contributed by atoms with Gasteiger partial charge in [0.15, 0.2) is 0 Å². The van der Waals surface area contributed by atoms with Gasteiger partial charge in [0.1, 0.15) is 11.3 Å². The van der Waals surface area contributed by atoms with Crippen molar-refractivity contribution < 1.29 is 9.21 Å². The lowest BCUT2D eigenvalue weighted by Crippen LogP contribution is -2.35. The Hall–Kier alpha value is -3.88. The van der Waals surface area contributed by atoms with Crippen molar-refractivity contribution in [1.29, 1.82) is 5.26 Å². The Kier molecular flexibility index (Phi) is 6.16. The molecule has 0 bridgehead atoms. The summed E-state index contributed by atoms with van der Waals surface area (Å²) in [5.41, 5.74) is 5.63. The van der Waals surface area contributed by atoms with Crippen molar-refractivity contribution in [3.8, 4) is 17.2 Å². The number of amides is 1. The molecule has 1 aromatic heterocycles. The normalized spacial score (nSPS) is 14.6. The third-order valence-corrected chi connectivity index (χ3v) is 6.45. The lowest BCUT2D eigenvalue weighted by molar-refractivity contribution is 0.0761. The third-order valence-electron chi connectivity index (χ3n) is 6.45. The highest BCUT2D eigenvalue weighted by atomic mass is 16.3. The van der Waals surface area contributed by atoms with Crippen molar-refractivity contribution in [2.75, 3.05) is 26.2 Å². The second-order valence-electron chi connectivity index (χ2n) is 8.95. The first kappa shape index (κ1) is 21.9. The number of rotatable bonds is 4.